The number of carbonyl (C=O) groups excluding carboxylic acids is 3. The maximum Gasteiger partial charge on any atom is 0.329 e. The van der Waals surface area contributed by atoms with Crippen LogP contribution in [0.25, 0.3) is 0 Å². The van der Waals surface area contributed by atoms with Crippen LogP contribution in [0.4, 0.5) is 5.69 Å². The smallest absolute Gasteiger partial charge is 0.329 e. The van der Waals surface area contributed by atoms with Gasteiger partial charge in [0.05, 0.1) is 0 Å². The summed E-state index contributed by atoms with van der Waals surface area (Å²) < 4.78 is 5.04. The van der Waals surface area contributed by atoms with Crippen molar-refractivity contribution in [3.63, 3.8) is 0 Å². The number of carbonyl (C=O) groups is 3. The van der Waals surface area contributed by atoms with Gasteiger partial charge in [0.1, 0.15) is 6.04 Å². The summed E-state index contributed by atoms with van der Waals surface area (Å²) in [5.41, 5.74) is 0.757. The Morgan fingerprint density at radius 1 is 1.32 bits per heavy atom. The van der Waals surface area contributed by atoms with Crippen molar-refractivity contribution >= 4 is 23.5 Å². The van der Waals surface area contributed by atoms with Crippen LogP contribution in [0.1, 0.15) is 26.7 Å². The van der Waals surface area contributed by atoms with Crippen LogP contribution in [-0.2, 0) is 19.1 Å². The van der Waals surface area contributed by atoms with Crippen LogP contribution in [0.5, 0.6) is 0 Å². The van der Waals surface area contributed by atoms with Crippen molar-refractivity contribution in [2.24, 2.45) is 0 Å². The van der Waals surface area contributed by atoms with Gasteiger partial charge in [0.25, 0.3) is 5.91 Å². The molecule has 0 aliphatic carbocycles. The Morgan fingerprint density at radius 3 is 2.55 bits per heavy atom. The monoisotopic (exact) mass is 304 g/mol. The van der Waals surface area contributed by atoms with Gasteiger partial charge >= 0.3 is 5.97 Å². The molecule has 0 bridgehead atoms. The Hall–Kier alpha value is -2.37. The summed E-state index contributed by atoms with van der Waals surface area (Å²) in [6.45, 7) is 3.45. The Bertz CT molecular complexity index is 557. The molecule has 2 amide bonds. The van der Waals surface area contributed by atoms with E-state index in [9.17, 15) is 14.4 Å². The molecule has 0 radical (unpaired) electrons. The summed E-state index contributed by atoms with van der Waals surface area (Å²) in [5.74, 6) is -1.02. The molecule has 22 heavy (non-hydrogen) atoms. The van der Waals surface area contributed by atoms with E-state index in [0.717, 1.165) is 5.69 Å². The molecule has 6 heteroatoms. The molecule has 0 aromatic heterocycles. The first-order chi connectivity index (χ1) is 10.5. The number of rotatable bonds is 5. The Balaban J connectivity index is 1.94. The fourth-order valence-electron chi connectivity index (χ4n) is 2.41. The summed E-state index contributed by atoms with van der Waals surface area (Å²) in [5, 5.41) is 2.52. The summed E-state index contributed by atoms with van der Waals surface area (Å²) in [7, 11) is 0. The number of benzene rings is 1. The van der Waals surface area contributed by atoms with E-state index < -0.39 is 12.0 Å². The second-order valence-electron chi connectivity index (χ2n) is 5.46. The molecule has 1 aliphatic rings. The zero-order valence-corrected chi connectivity index (χ0v) is 12.7. The van der Waals surface area contributed by atoms with E-state index in [1.165, 1.54) is 0 Å². The van der Waals surface area contributed by atoms with Crippen LogP contribution < -0.4 is 10.2 Å². The minimum atomic E-state index is -0.635. The number of nitrogens with zero attached hydrogens (tertiary/aromatic N) is 1. The van der Waals surface area contributed by atoms with Crippen molar-refractivity contribution in [1.29, 1.82) is 0 Å². The van der Waals surface area contributed by atoms with Gasteiger partial charge in [-0.25, -0.2) is 4.79 Å². The van der Waals surface area contributed by atoms with Gasteiger partial charge in [-0.2, -0.15) is 0 Å². The molecule has 1 aromatic carbocycles. The number of amides is 2. The van der Waals surface area contributed by atoms with E-state index in [-0.39, 0.29) is 24.5 Å². The van der Waals surface area contributed by atoms with Crippen molar-refractivity contribution in [2.75, 3.05) is 11.5 Å². The standard InChI is InChI=1S/C16H20N2O4/c1-11(2)18(12-6-4-3-5-7-12)15(20)10-22-16(21)13-8-9-14(19)17-13/h3-7,11,13H,8-10H2,1-2H3,(H,17,19)/t13-/m0/s1. The zero-order chi connectivity index (χ0) is 16.1. The van der Waals surface area contributed by atoms with Crippen LogP contribution in [-0.4, -0.2) is 36.5 Å². The molecular weight excluding hydrogens is 284 g/mol. The average Bonchev–Trinajstić information content (AvgIpc) is 2.92. The number of hydrogen-bond acceptors (Lipinski definition) is 4. The molecular formula is C16H20N2O4. The summed E-state index contributed by atoms with van der Waals surface area (Å²) in [4.78, 5) is 36.8. The Morgan fingerprint density at radius 2 is 2.00 bits per heavy atom. The first-order valence-electron chi connectivity index (χ1n) is 7.32. The van der Waals surface area contributed by atoms with Crippen LogP contribution in [0.3, 0.4) is 0 Å². The molecule has 2 rings (SSSR count). The van der Waals surface area contributed by atoms with Crippen LogP contribution >= 0.6 is 0 Å². The molecule has 1 N–H and O–H groups in total. The van der Waals surface area contributed by atoms with Crippen LogP contribution in [0.2, 0.25) is 0 Å². The first kappa shape index (κ1) is 16.0. The third-order valence-electron chi connectivity index (χ3n) is 3.44. The van der Waals surface area contributed by atoms with E-state index >= 15 is 0 Å². The van der Waals surface area contributed by atoms with Gasteiger partial charge in [0.15, 0.2) is 6.61 Å². The number of anilines is 1. The summed E-state index contributed by atoms with van der Waals surface area (Å²) in [6, 6.07) is 8.53. The molecule has 0 unspecified atom stereocenters. The second kappa shape index (κ2) is 7.06. The predicted molar refractivity (Wildman–Crippen MR) is 81.2 cm³/mol. The molecule has 1 fully saturated rings. The highest BCUT2D eigenvalue weighted by atomic mass is 16.5. The van der Waals surface area contributed by atoms with Crippen molar-refractivity contribution in [3.8, 4) is 0 Å². The van der Waals surface area contributed by atoms with Crippen molar-refractivity contribution in [2.45, 2.75) is 38.8 Å². The van der Waals surface area contributed by atoms with Gasteiger partial charge in [-0.3, -0.25) is 9.59 Å². The van der Waals surface area contributed by atoms with Crippen LogP contribution in [0, 0.1) is 0 Å². The number of ether oxygens (including phenoxy) is 1. The zero-order valence-electron chi connectivity index (χ0n) is 12.7. The number of esters is 1. The fourth-order valence-corrected chi connectivity index (χ4v) is 2.41. The lowest BCUT2D eigenvalue weighted by Gasteiger charge is -2.26. The average molecular weight is 304 g/mol. The van der Waals surface area contributed by atoms with Crippen LogP contribution in [0.15, 0.2) is 30.3 Å². The fraction of sp³-hybridized carbons (Fsp3) is 0.438. The maximum atomic E-state index is 12.3. The highest BCUT2D eigenvalue weighted by molar-refractivity contribution is 5.96. The number of para-hydroxylation sites is 1. The van der Waals surface area contributed by atoms with Gasteiger partial charge in [-0.1, -0.05) is 18.2 Å². The lowest BCUT2D eigenvalue weighted by Crippen LogP contribution is -2.41. The van der Waals surface area contributed by atoms with E-state index in [1.807, 2.05) is 44.2 Å². The minimum Gasteiger partial charge on any atom is -0.454 e. The molecule has 1 saturated heterocycles. The van der Waals surface area contributed by atoms with E-state index in [4.69, 9.17) is 4.74 Å². The molecule has 1 aromatic rings. The van der Waals surface area contributed by atoms with E-state index in [2.05, 4.69) is 5.32 Å². The van der Waals surface area contributed by atoms with E-state index in [1.54, 1.807) is 4.90 Å². The van der Waals surface area contributed by atoms with Crippen molar-refractivity contribution in [1.82, 2.24) is 5.32 Å². The molecule has 0 saturated carbocycles. The molecule has 6 nitrogen and oxygen atoms in total. The second-order valence-corrected chi connectivity index (χ2v) is 5.46. The highest BCUT2D eigenvalue weighted by Gasteiger charge is 2.29. The lowest BCUT2D eigenvalue weighted by atomic mass is 10.2. The number of nitrogens with one attached hydrogen (secondary N) is 1. The van der Waals surface area contributed by atoms with Gasteiger partial charge in [-0.15, -0.1) is 0 Å². The largest absolute Gasteiger partial charge is 0.454 e. The Kier molecular flexibility index (Phi) is 5.14. The first-order valence-corrected chi connectivity index (χ1v) is 7.32. The van der Waals surface area contributed by atoms with Gasteiger partial charge in [0, 0.05) is 18.2 Å². The topological polar surface area (TPSA) is 75.7 Å². The van der Waals surface area contributed by atoms with Crippen molar-refractivity contribution < 1.29 is 19.1 Å². The predicted octanol–water partition coefficient (Wildman–Crippen LogP) is 1.25. The molecule has 118 valence electrons. The molecule has 1 heterocycles. The van der Waals surface area contributed by atoms with Crippen molar-refractivity contribution in [3.05, 3.63) is 30.3 Å². The van der Waals surface area contributed by atoms with Gasteiger partial charge in [-0.05, 0) is 32.4 Å². The third-order valence-corrected chi connectivity index (χ3v) is 3.44. The third kappa shape index (κ3) is 3.84. The maximum absolute atomic E-state index is 12.3. The molecule has 1 atom stereocenters. The quantitative estimate of drug-likeness (QED) is 0.831. The van der Waals surface area contributed by atoms with E-state index in [0.29, 0.717) is 12.8 Å². The summed E-state index contributed by atoms with van der Waals surface area (Å²) >= 11 is 0. The van der Waals surface area contributed by atoms with Gasteiger partial charge < -0.3 is 15.0 Å². The lowest BCUT2D eigenvalue weighted by molar-refractivity contribution is -0.150. The minimum absolute atomic E-state index is 0.0558. The molecule has 1 aliphatic heterocycles. The number of hydrogen-bond donors (Lipinski definition) is 1. The van der Waals surface area contributed by atoms with Gasteiger partial charge in [0.2, 0.25) is 5.91 Å². The SMILES string of the molecule is CC(C)N(C(=O)COC(=O)[C@@H]1CCC(=O)N1)c1ccccc1. The Labute approximate surface area is 129 Å². The summed E-state index contributed by atoms with van der Waals surface area (Å²) in [6.07, 6.45) is 0.730. The molecule has 0 spiro atoms. The highest BCUT2D eigenvalue weighted by Crippen LogP contribution is 2.17. The normalized spacial score (nSPS) is 17.2.